The zero-order chi connectivity index (χ0) is 19.0. The molecule has 1 atom stereocenters. The summed E-state index contributed by atoms with van der Waals surface area (Å²) in [5, 5.41) is 4.13. The van der Waals surface area contributed by atoms with Gasteiger partial charge in [0.1, 0.15) is 10.7 Å². The van der Waals surface area contributed by atoms with E-state index in [2.05, 4.69) is 21.6 Å². The fraction of sp³-hybridized carbons (Fsp3) is 0.684. The summed E-state index contributed by atoms with van der Waals surface area (Å²) in [6, 6.07) is 0. The quantitative estimate of drug-likeness (QED) is 0.727. The molecule has 2 fully saturated rings. The van der Waals surface area contributed by atoms with Crippen molar-refractivity contribution in [2.45, 2.75) is 63.9 Å². The van der Waals surface area contributed by atoms with Crippen LogP contribution in [0.15, 0.2) is 23.5 Å². The van der Waals surface area contributed by atoms with Gasteiger partial charge in [-0.15, -0.1) is 0 Å². The molecule has 8 heteroatoms. The second-order valence-corrected chi connectivity index (χ2v) is 9.91. The normalized spacial score (nSPS) is 21.6. The molecule has 2 aliphatic rings. The molecule has 1 aliphatic heterocycles. The maximum absolute atomic E-state index is 13.0. The Morgan fingerprint density at radius 3 is 2.70 bits per heavy atom. The Kier molecular flexibility index (Phi) is 5.11. The summed E-state index contributed by atoms with van der Waals surface area (Å²) < 4.78 is 31.6. The van der Waals surface area contributed by atoms with Crippen molar-refractivity contribution >= 4 is 10.0 Å². The van der Waals surface area contributed by atoms with Gasteiger partial charge in [-0.2, -0.15) is 9.40 Å². The molecule has 4 rings (SSSR count). The maximum Gasteiger partial charge on any atom is 0.246 e. The van der Waals surface area contributed by atoms with Gasteiger partial charge in [0.05, 0.1) is 6.20 Å². The fourth-order valence-corrected chi connectivity index (χ4v) is 5.46. The third-order valence-electron chi connectivity index (χ3n) is 5.80. The third kappa shape index (κ3) is 3.96. The van der Waals surface area contributed by atoms with Crippen molar-refractivity contribution in [3.8, 4) is 0 Å². The highest BCUT2D eigenvalue weighted by molar-refractivity contribution is 7.89. The van der Waals surface area contributed by atoms with Crippen LogP contribution in [0, 0.1) is 18.8 Å². The summed E-state index contributed by atoms with van der Waals surface area (Å²) in [5.41, 5.74) is 1.21. The molecule has 2 aromatic heterocycles. The van der Waals surface area contributed by atoms with Crippen LogP contribution in [0.3, 0.4) is 0 Å². The number of nitrogens with zero attached hydrogens (tertiary/aromatic N) is 5. The zero-order valence-corrected chi connectivity index (χ0v) is 17.0. The van der Waals surface area contributed by atoms with E-state index in [1.807, 2.05) is 13.1 Å². The van der Waals surface area contributed by atoms with Gasteiger partial charge in [-0.3, -0.25) is 4.68 Å². The van der Waals surface area contributed by atoms with Crippen LogP contribution in [0.4, 0.5) is 0 Å². The minimum atomic E-state index is -3.47. The highest BCUT2D eigenvalue weighted by Gasteiger charge is 2.32. The van der Waals surface area contributed by atoms with E-state index >= 15 is 0 Å². The lowest BCUT2D eigenvalue weighted by atomic mass is 9.96. The van der Waals surface area contributed by atoms with E-state index in [-0.39, 0.29) is 0 Å². The molecule has 0 bridgehead atoms. The molecule has 7 nitrogen and oxygen atoms in total. The van der Waals surface area contributed by atoms with Crippen LogP contribution >= 0.6 is 0 Å². The number of rotatable bonds is 7. The first kappa shape index (κ1) is 18.7. The highest BCUT2D eigenvalue weighted by atomic mass is 32.2. The number of sulfonamides is 1. The predicted molar refractivity (Wildman–Crippen MR) is 103 cm³/mol. The molecule has 1 unspecified atom stereocenters. The predicted octanol–water partition coefficient (Wildman–Crippen LogP) is 2.46. The Morgan fingerprint density at radius 2 is 2.00 bits per heavy atom. The van der Waals surface area contributed by atoms with Crippen LogP contribution in [0.2, 0.25) is 0 Å². The molecule has 1 aliphatic carbocycles. The van der Waals surface area contributed by atoms with Gasteiger partial charge in [0, 0.05) is 50.7 Å². The van der Waals surface area contributed by atoms with Crippen molar-refractivity contribution in [3.63, 3.8) is 0 Å². The van der Waals surface area contributed by atoms with Gasteiger partial charge >= 0.3 is 0 Å². The van der Waals surface area contributed by atoms with Gasteiger partial charge in [0.2, 0.25) is 10.0 Å². The van der Waals surface area contributed by atoms with Crippen molar-refractivity contribution in [1.82, 2.24) is 23.6 Å². The Bertz CT molecular complexity index is 897. The van der Waals surface area contributed by atoms with Crippen LogP contribution < -0.4 is 0 Å². The van der Waals surface area contributed by atoms with Crippen molar-refractivity contribution in [2.75, 3.05) is 13.1 Å². The first-order chi connectivity index (χ1) is 13.0. The fourth-order valence-electron chi connectivity index (χ4n) is 3.95. The molecule has 148 valence electrons. The summed E-state index contributed by atoms with van der Waals surface area (Å²) in [6.07, 6.45) is 10.5. The van der Waals surface area contributed by atoms with E-state index in [9.17, 15) is 8.42 Å². The molecule has 1 saturated heterocycles. The Balaban J connectivity index is 1.47. The van der Waals surface area contributed by atoms with Gasteiger partial charge in [-0.05, 0) is 51.4 Å². The summed E-state index contributed by atoms with van der Waals surface area (Å²) in [5.74, 6) is 2.23. The Hall–Kier alpha value is -1.67. The maximum atomic E-state index is 13.0. The molecular weight excluding hydrogens is 362 g/mol. The van der Waals surface area contributed by atoms with Gasteiger partial charge in [0.15, 0.2) is 0 Å². The zero-order valence-electron chi connectivity index (χ0n) is 16.2. The number of aryl methyl sites for hydroxylation is 2. The smallest absolute Gasteiger partial charge is 0.246 e. The molecule has 0 amide bonds. The minimum absolute atomic E-state index is 0.302. The van der Waals surface area contributed by atoms with Crippen molar-refractivity contribution in [2.24, 2.45) is 11.8 Å². The first-order valence-electron chi connectivity index (χ1n) is 10.0. The van der Waals surface area contributed by atoms with Crippen molar-refractivity contribution in [3.05, 3.63) is 30.1 Å². The second kappa shape index (κ2) is 7.39. The first-order valence-corrected chi connectivity index (χ1v) is 11.4. The molecule has 27 heavy (non-hydrogen) atoms. The van der Waals surface area contributed by atoms with Crippen LogP contribution in [0.5, 0.6) is 0 Å². The SMILES string of the molecule is CCn1cc(S(=O)(=O)N2CCCC(Cc3ncc(C)n3CC3CC3)C2)cn1. The molecule has 0 N–H and O–H groups in total. The topological polar surface area (TPSA) is 73.0 Å². The van der Waals surface area contributed by atoms with Crippen LogP contribution in [0.1, 0.15) is 44.1 Å². The average molecular weight is 392 g/mol. The van der Waals surface area contributed by atoms with Gasteiger partial charge < -0.3 is 4.57 Å². The molecular formula is C19H29N5O2S. The minimum Gasteiger partial charge on any atom is -0.332 e. The van der Waals surface area contributed by atoms with Crippen LogP contribution in [-0.2, 0) is 29.5 Å². The van der Waals surface area contributed by atoms with Crippen molar-refractivity contribution in [1.29, 1.82) is 0 Å². The lowest BCUT2D eigenvalue weighted by molar-refractivity contribution is 0.261. The largest absolute Gasteiger partial charge is 0.332 e. The van der Waals surface area contributed by atoms with E-state index in [0.29, 0.717) is 30.4 Å². The molecule has 2 aromatic rings. The summed E-state index contributed by atoms with van der Waals surface area (Å²) in [7, 11) is -3.47. The standard InChI is InChI=1S/C19H29N5O2S/c1-3-22-14-18(11-21-22)27(25,26)23-8-4-5-17(12-23)9-19-20-10-15(2)24(19)13-16-6-7-16/h10-11,14,16-17H,3-9,12-13H2,1-2H3. The van der Waals surface area contributed by atoms with Gasteiger partial charge in [0.25, 0.3) is 0 Å². The molecule has 0 aromatic carbocycles. The van der Waals surface area contributed by atoms with E-state index in [4.69, 9.17) is 0 Å². The number of piperidine rings is 1. The summed E-state index contributed by atoms with van der Waals surface area (Å²) >= 11 is 0. The highest BCUT2D eigenvalue weighted by Crippen LogP contribution is 2.32. The molecule has 0 spiro atoms. The van der Waals surface area contributed by atoms with Gasteiger partial charge in [-0.1, -0.05) is 0 Å². The van der Waals surface area contributed by atoms with Crippen LogP contribution in [-0.4, -0.2) is 45.1 Å². The van der Waals surface area contributed by atoms with Crippen molar-refractivity contribution < 1.29 is 8.42 Å². The van der Waals surface area contributed by atoms with E-state index in [0.717, 1.165) is 37.5 Å². The van der Waals surface area contributed by atoms with Crippen LogP contribution in [0.25, 0.3) is 0 Å². The Morgan fingerprint density at radius 1 is 1.19 bits per heavy atom. The Labute approximate surface area is 161 Å². The van der Waals surface area contributed by atoms with E-state index < -0.39 is 10.0 Å². The van der Waals surface area contributed by atoms with E-state index in [1.54, 1.807) is 15.2 Å². The van der Waals surface area contributed by atoms with E-state index in [1.165, 1.54) is 24.7 Å². The number of imidazole rings is 1. The number of hydrogen-bond donors (Lipinski definition) is 0. The third-order valence-corrected chi connectivity index (χ3v) is 7.62. The molecule has 3 heterocycles. The second-order valence-electron chi connectivity index (χ2n) is 7.98. The molecule has 0 radical (unpaired) electrons. The summed E-state index contributed by atoms with van der Waals surface area (Å²) in [4.78, 5) is 4.93. The lowest BCUT2D eigenvalue weighted by Gasteiger charge is -2.31. The molecule has 1 saturated carbocycles. The monoisotopic (exact) mass is 391 g/mol. The average Bonchev–Trinajstić information content (AvgIpc) is 3.23. The number of hydrogen-bond acceptors (Lipinski definition) is 4. The summed E-state index contributed by atoms with van der Waals surface area (Å²) in [6.45, 7) is 6.95. The number of aromatic nitrogens is 4. The van der Waals surface area contributed by atoms with Gasteiger partial charge in [-0.25, -0.2) is 13.4 Å². The lowest BCUT2D eigenvalue weighted by Crippen LogP contribution is -2.40.